The molecule has 1 aliphatic rings. The maximum Gasteiger partial charge on any atom is 0.410 e. The molecule has 5 rings (SSSR count). The number of ether oxygens (including phenoxy) is 1. The molecule has 15 heteroatoms. The molecule has 0 saturated carbocycles. The number of nitrogens with zero attached hydrogens (tertiary/aromatic N) is 2. The zero-order chi connectivity index (χ0) is 31.1. The standard InChI is InChI=1S/C28H22Cl4FN3O5S2/c1-2-41-28(38)35-8-7-23-20(14-35)19-11-18(33)9-15(26(19)36(23)13-16-3-5-17(29)10-21(16)30)4-6-24(37)34-43(39,40)25-12-22(31)27(32)42-25/h3-6,9-12H,2,7-8,13-14H2,1H3,(H,34,37)/b6-4+. The summed E-state index contributed by atoms with van der Waals surface area (Å²) in [5, 5.41) is 1.48. The van der Waals surface area contributed by atoms with Gasteiger partial charge < -0.3 is 14.2 Å². The van der Waals surface area contributed by atoms with Crippen LogP contribution >= 0.6 is 57.7 Å². The van der Waals surface area contributed by atoms with Crippen LogP contribution in [0.15, 0.2) is 46.7 Å². The molecule has 226 valence electrons. The summed E-state index contributed by atoms with van der Waals surface area (Å²) in [6.45, 7) is 2.78. The van der Waals surface area contributed by atoms with Crippen molar-refractivity contribution in [2.45, 2.75) is 30.6 Å². The van der Waals surface area contributed by atoms with E-state index in [4.69, 9.17) is 51.1 Å². The van der Waals surface area contributed by atoms with Gasteiger partial charge in [0.05, 0.1) is 23.7 Å². The van der Waals surface area contributed by atoms with Crippen LogP contribution in [0.1, 0.15) is 29.3 Å². The van der Waals surface area contributed by atoms with E-state index < -0.39 is 27.8 Å². The largest absolute Gasteiger partial charge is 0.450 e. The van der Waals surface area contributed by atoms with Gasteiger partial charge in [0.1, 0.15) is 14.4 Å². The lowest BCUT2D eigenvalue weighted by molar-refractivity contribution is -0.114. The van der Waals surface area contributed by atoms with E-state index in [2.05, 4.69) is 0 Å². The molecule has 0 saturated heterocycles. The second kappa shape index (κ2) is 12.7. The molecule has 43 heavy (non-hydrogen) atoms. The van der Waals surface area contributed by atoms with Crippen LogP contribution < -0.4 is 4.72 Å². The summed E-state index contributed by atoms with van der Waals surface area (Å²) in [6, 6.07) is 8.88. The van der Waals surface area contributed by atoms with Crippen molar-refractivity contribution in [3.8, 4) is 0 Å². The minimum atomic E-state index is -4.25. The second-order valence-electron chi connectivity index (χ2n) is 9.50. The fourth-order valence-corrected chi connectivity index (χ4v) is 8.21. The number of sulfonamides is 1. The number of thiophene rings is 1. The lowest BCUT2D eigenvalue weighted by Crippen LogP contribution is -2.36. The highest BCUT2D eigenvalue weighted by atomic mass is 35.5. The van der Waals surface area contributed by atoms with Gasteiger partial charge in [0.2, 0.25) is 0 Å². The maximum absolute atomic E-state index is 15.0. The first-order chi connectivity index (χ1) is 20.4. The van der Waals surface area contributed by atoms with Crippen molar-refractivity contribution in [2.24, 2.45) is 0 Å². The van der Waals surface area contributed by atoms with E-state index in [-0.39, 0.29) is 33.3 Å². The van der Waals surface area contributed by atoms with E-state index in [1.54, 1.807) is 30.0 Å². The molecule has 0 aliphatic carbocycles. The van der Waals surface area contributed by atoms with Crippen LogP contribution in [0.4, 0.5) is 9.18 Å². The number of benzene rings is 2. The molecule has 0 unspecified atom stereocenters. The van der Waals surface area contributed by atoms with Gasteiger partial charge in [-0.25, -0.2) is 22.3 Å². The third kappa shape index (κ3) is 6.67. The SMILES string of the molecule is CCOC(=O)N1CCc2c(c3cc(F)cc(/C=C/C(=O)NS(=O)(=O)c4cc(Cl)c(Cl)s4)c3n2Cc2ccc(Cl)cc2Cl)C1. The van der Waals surface area contributed by atoms with Gasteiger partial charge in [0.25, 0.3) is 15.9 Å². The van der Waals surface area contributed by atoms with E-state index in [0.29, 0.717) is 50.8 Å². The lowest BCUT2D eigenvalue weighted by Gasteiger charge is -2.27. The molecule has 2 amide bonds. The predicted octanol–water partition coefficient (Wildman–Crippen LogP) is 7.54. The van der Waals surface area contributed by atoms with Gasteiger partial charge in [-0.3, -0.25) is 4.79 Å². The monoisotopic (exact) mass is 703 g/mol. The van der Waals surface area contributed by atoms with E-state index in [9.17, 15) is 18.0 Å². The summed E-state index contributed by atoms with van der Waals surface area (Å²) in [7, 11) is -4.25. The van der Waals surface area contributed by atoms with Crippen LogP contribution in [0.2, 0.25) is 19.4 Å². The number of carbonyl (C=O) groups is 2. The first kappa shape index (κ1) is 31.6. The van der Waals surface area contributed by atoms with Gasteiger partial charge in [-0.05, 0) is 48.9 Å². The number of hydrogen-bond acceptors (Lipinski definition) is 6. The van der Waals surface area contributed by atoms with Crippen molar-refractivity contribution >= 4 is 96.7 Å². The van der Waals surface area contributed by atoms with Gasteiger partial charge in [0, 0.05) is 57.8 Å². The van der Waals surface area contributed by atoms with E-state index in [0.717, 1.165) is 29.0 Å². The number of fused-ring (bicyclic) bond motifs is 3. The van der Waals surface area contributed by atoms with Crippen LogP contribution in [0.3, 0.4) is 0 Å². The molecule has 0 radical (unpaired) electrons. The van der Waals surface area contributed by atoms with Gasteiger partial charge >= 0.3 is 6.09 Å². The van der Waals surface area contributed by atoms with Gasteiger partial charge in [-0.2, -0.15) is 0 Å². The van der Waals surface area contributed by atoms with Crippen LogP contribution in [-0.2, 0) is 39.1 Å². The first-order valence-electron chi connectivity index (χ1n) is 12.8. The Hall–Kier alpha value is -2.80. The molecule has 1 N–H and O–H groups in total. The number of nitrogens with one attached hydrogen (secondary N) is 1. The molecule has 2 aromatic carbocycles. The molecule has 2 aromatic heterocycles. The number of carbonyl (C=O) groups excluding carboxylic acids is 2. The molecular formula is C28H22Cl4FN3O5S2. The minimum absolute atomic E-state index is 0.0456. The highest BCUT2D eigenvalue weighted by molar-refractivity contribution is 7.92. The van der Waals surface area contributed by atoms with E-state index in [1.165, 1.54) is 18.2 Å². The fraction of sp³-hybridized carbons (Fsp3) is 0.214. The molecule has 1 aliphatic heterocycles. The van der Waals surface area contributed by atoms with Crippen LogP contribution in [0, 0.1) is 5.82 Å². The Bertz CT molecular complexity index is 1890. The zero-order valence-electron chi connectivity index (χ0n) is 22.3. The number of amides is 2. The molecule has 0 bridgehead atoms. The third-order valence-electron chi connectivity index (χ3n) is 6.75. The van der Waals surface area contributed by atoms with Crippen LogP contribution in [0.25, 0.3) is 17.0 Å². The number of hydrogen-bond donors (Lipinski definition) is 1. The van der Waals surface area contributed by atoms with Crippen molar-refractivity contribution < 1.29 is 27.1 Å². The average Bonchev–Trinajstić information content (AvgIpc) is 3.45. The summed E-state index contributed by atoms with van der Waals surface area (Å²) in [5.41, 5.74) is 3.22. The van der Waals surface area contributed by atoms with Crippen molar-refractivity contribution in [1.29, 1.82) is 0 Å². The maximum atomic E-state index is 15.0. The Morgan fingerprint density at radius 2 is 1.88 bits per heavy atom. The van der Waals surface area contributed by atoms with Gasteiger partial charge in [0.15, 0.2) is 0 Å². The second-order valence-corrected chi connectivity index (χ2v) is 14.3. The number of rotatable bonds is 7. The summed E-state index contributed by atoms with van der Waals surface area (Å²) in [4.78, 5) is 26.8. The summed E-state index contributed by atoms with van der Waals surface area (Å²) < 4.78 is 49.3. The third-order valence-corrected chi connectivity index (χ3v) is 11.0. The molecule has 0 fully saturated rings. The number of halogens is 5. The molecule has 0 spiro atoms. The first-order valence-corrected chi connectivity index (χ1v) is 16.6. The summed E-state index contributed by atoms with van der Waals surface area (Å²) in [5.74, 6) is -1.55. The normalized spacial score (nSPS) is 13.5. The van der Waals surface area contributed by atoms with Crippen molar-refractivity contribution in [1.82, 2.24) is 14.2 Å². The summed E-state index contributed by atoms with van der Waals surface area (Å²) >= 11 is 25.1. The van der Waals surface area contributed by atoms with Crippen LogP contribution in [-0.4, -0.2) is 43.0 Å². The molecule has 8 nitrogen and oxygen atoms in total. The molecular weight excluding hydrogens is 683 g/mol. The van der Waals surface area contributed by atoms with Crippen LogP contribution in [0.5, 0.6) is 0 Å². The Morgan fingerprint density at radius 3 is 2.56 bits per heavy atom. The average molecular weight is 705 g/mol. The zero-order valence-corrected chi connectivity index (χ0v) is 27.0. The Balaban J connectivity index is 1.57. The predicted molar refractivity (Wildman–Crippen MR) is 167 cm³/mol. The Morgan fingerprint density at radius 1 is 1.12 bits per heavy atom. The lowest BCUT2D eigenvalue weighted by atomic mass is 10.0. The molecule has 0 atom stereocenters. The quantitative estimate of drug-likeness (QED) is 0.201. The Labute approximate surface area is 270 Å². The van der Waals surface area contributed by atoms with E-state index >= 15 is 4.39 Å². The minimum Gasteiger partial charge on any atom is -0.450 e. The molecule has 4 aromatic rings. The smallest absolute Gasteiger partial charge is 0.410 e. The van der Waals surface area contributed by atoms with E-state index in [1.807, 2.05) is 9.29 Å². The Kier molecular flexibility index (Phi) is 9.31. The van der Waals surface area contributed by atoms with Crippen molar-refractivity contribution in [3.05, 3.63) is 90.1 Å². The van der Waals surface area contributed by atoms with Crippen molar-refractivity contribution in [2.75, 3.05) is 13.2 Å². The highest BCUT2D eigenvalue weighted by Crippen LogP contribution is 2.37. The topological polar surface area (TPSA) is 97.7 Å². The van der Waals surface area contributed by atoms with Crippen molar-refractivity contribution in [3.63, 3.8) is 0 Å². The van der Waals surface area contributed by atoms with Gasteiger partial charge in [-0.1, -0.05) is 52.5 Å². The highest BCUT2D eigenvalue weighted by Gasteiger charge is 2.29. The number of aromatic nitrogens is 1. The summed E-state index contributed by atoms with van der Waals surface area (Å²) in [6.07, 6.45) is 2.30. The fourth-order valence-electron chi connectivity index (χ4n) is 4.91. The van der Waals surface area contributed by atoms with Gasteiger partial charge in [-0.15, -0.1) is 11.3 Å². The molecule has 3 heterocycles.